The maximum atomic E-state index is 5.88. The van der Waals surface area contributed by atoms with Crippen molar-refractivity contribution in [3.05, 3.63) is 29.8 Å². The Labute approximate surface area is 133 Å². The molecule has 0 radical (unpaired) electrons. The molecule has 4 heteroatoms. The first-order chi connectivity index (χ1) is 10.7. The molecule has 1 aromatic rings. The zero-order valence-electron chi connectivity index (χ0n) is 13.8. The van der Waals surface area contributed by atoms with Crippen LogP contribution in [-0.2, 0) is 11.3 Å². The quantitative estimate of drug-likeness (QED) is 0.839. The molecule has 3 rings (SSSR count). The molecule has 2 fully saturated rings. The van der Waals surface area contributed by atoms with E-state index in [1.807, 2.05) is 12.1 Å². The molecule has 122 valence electrons. The van der Waals surface area contributed by atoms with Crippen molar-refractivity contribution < 1.29 is 9.47 Å². The third-order valence-corrected chi connectivity index (χ3v) is 4.26. The maximum Gasteiger partial charge on any atom is 0.124 e. The van der Waals surface area contributed by atoms with E-state index in [9.17, 15) is 0 Å². The van der Waals surface area contributed by atoms with Crippen LogP contribution >= 0.6 is 0 Å². The van der Waals surface area contributed by atoms with Crippen LogP contribution in [-0.4, -0.2) is 49.4 Å². The number of ether oxygens (including phenoxy) is 2. The number of rotatable bonds is 7. The molecule has 0 bridgehead atoms. The van der Waals surface area contributed by atoms with Crippen LogP contribution in [0.5, 0.6) is 5.75 Å². The van der Waals surface area contributed by atoms with Gasteiger partial charge >= 0.3 is 0 Å². The second-order valence-electron chi connectivity index (χ2n) is 6.62. The summed E-state index contributed by atoms with van der Waals surface area (Å²) >= 11 is 0. The smallest absolute Gasteiger partial charge is 0.124 e. The van der Waals surface area contributed by atoms with Crippen LogP contribution in [0.25, 0.3) is 0 Å². The lowest BCUT2D eigenvalue weighted by atomic mass is 10.2. The Morgan fingerprint density at radius 2 is 2.14 bits per heavy atom. The highest BCUT2D eigenvalue weighted by Crippen LogP contribution is 2.28. The summed E-state index contributed by atoms with van der Waals surface area (Å²) in [6.07, 6.45) is 3.27. The Morgan fingerprint density at radius 3 is 2.91 bits per heavy atom. The van der Waals surface area contributed by atoms with Crippen molar-refractivity contribution in [2.45, 2.75) is 51.5 Å². The Balaban J connectivity index is 1.46. The van der Waals surface area contributed by atoms with Gasteiger partial charge in [0.1, 0.15) is 5.75 Å². The van der Waals surface area contributed by atoms with E-state index in [0.717, 1.165) is 44.6 Å². The number of hydrogen-bond acceptors (Lipinski definition) is 4. The number of morpholine rings is 1. The first-order valence-electron chi connectivity index (χ1n) is 8.53. The van der Waals surface area contributed by atoms with Gasteiger partial charge in [-0.25, -0.2) is 0 Å². The molecule has 1 saturated heterocycles. The first kappa shape index (κ1) is 15.8. The zero-order valence-corrected chi connectivity index (χ0v) is 13.8. The molecule has 1 aliphatic carbocycles. The van der Waals surface area contributed by atoms with E-state index < -0.39 is 0 Å². The van der Waals surface area contributed by atoms with Crippen LogP contribution in [0.15, 0.2) is 24.3 Å². The Morgan fingerprint density at radius 1 is 1.32 bits per heavy atom. The predicted octanol–water partition coefficient (Wildman–Crippen LogP) is 2.43. The molecule has 0 spiro atoms. The molecular weight excluding hydrogens is 276 g/mol. The van der Waals surface area contributed by atoms with Gasteiger partial charge < -0.3 is 14.8 Å². The van der Waals surface area contributed by atoms with E-state index in [0.29, 0.717) is 6.10 Å². The molecule has 0 amide bonds. The maximum absolute atomic E-state index is 5.88. The summed E-state index contributed by atoms with van der Waals surface area (Å²) in [5.74, 6) is 0.981. The minimum atomic E-state index is 0.204. The second kappa shape index (κ2) is 7.44. The number of nitrogens with zero attached hydrogens (tertiary/aromatic N) is 1. The number of para-hydroxylation sites is 1. The fourth-order valence-electron chi connectivity index (χ4n) is 3.02. The van der Waals surface area contributed by atoms with Crippen molar-refractivity contribution in [2.24, 2.45) is 0 Å². The summed E-state index contributed by atoms with van der Waals surface area (Å²) in [7, 11) is 0. The van der Waals surface area contributed by atoms with E-state index in [1.165, 1.54) is 18.4 Å². The van der Waals surface area contributed by atoms with Gasteiger partial charge in [-0.3, -0.25) is 4.90 Å². The van der Waals surface area contributed by atoms with Crippen molar-refractivity contribution in [1.29, 1.82) is 0 Å². The molecule has 22 heavy (non-hydrogen) atoms. The minimum absolute atomic E-state index is 0.204. The van der Waals surface area contributed by atoms with Gasteiger partial charge in [-0.05, 0) is 32.8 Å². The fraction of sp³-hybridized carbons (Fsp3) is 0.667. The van der Waals surface area contributed by atoms with Gasteiger partial charge in [0.2, 0.25) is 0 Å². The molecule has 1 aromatic carbocycles. The van der Waals surface area contributed by atoms with Crippen LogP contribution in [0, 0.1) is 0 Å². The molecule has 1 aliphatic heterocycles. The van der Waals surface area contributed by atoms with Gasteiger partial charge in [0, 0.05) is 37.8 Å². The minimum Gasteiger partial charge on any atom is -0.491 e. The summed E-state index contributed by atoms with van der Waals surface area (Å²) in [5.41, 5.74) is 1.21. The summed E-state index contributed by atoms with van der Waals surface area (Å²) in [5, 5.41) is 3.53. The molecule has 4 nitrogen and oxygen atoms in total. The van der Waals surface area contributed by atoms with Crippen LogP contribution in [0.3, 0.4) is 0 Å². The SMILES string of the molecule is CC(C)Oc1ccccc1CNCC1CN(C2CC2)CCO1. The van der Waals surface area contributed by atoms with Crippen LogP contribution in [0.1, 0.15) is 32.3 Å². The van der Waals surface area contributed by atoms with E-state index in [-0.39, 0.29) is 6.10 Å². The lowest BCUT2D eigenvalue weighted by Crippen LogP contribution is -2.47. The Kier molecular flexibility index (Phi) is 5.34. The van der Waals surface area contributed by atoms with Gasteiger partial charge in [0.15, 0.2) is 0 Å². The normalized spacial score (nSPS) is 23.0. The van der Waals surface area contributed by atoms with Crippen molar-refractivity contribution in [3.8, 4) is 5.75 Å². The molecule has 1 heterocycles. The number of benzene rings is 1. The molecule has 1 N–H and O–H groups in total. The second-order valence-corrected chi connectivity index (χ2v) is 6.62. The highest BCUT2D eigenvalue weighted by atomic mass is 16.5. The monoisotopic (exact) mass is 304 g/mol. The summed E-state index contributed by atoms with van der Waals surface area (Å²) in [6, 6.07) is 9.10. The fourth-order valence-corrected chi connectivity index (χ4v) is 3.02. The van der Waals surface area contributed by atoms with Gasteiger partial charge in [-0.15, -0.1) is 0 Å². The largest absolute Gasteiger partial charge is 0.491 e. The molecule has 2 aliphatic rings. The van der Waals surface area contributed by atoms with Gasteiger partial charge in [0.25, 0.3) is 0 Å². The molecule has 1 atom stereocenters. The van der Waals surface area contributed by atoms with Crippen molar-refractivity contribution >= 4 is 0 Å². The molecule has 1 saturated carbocycles. The third-order valence-electron chi connectivity index (χ3n) is 4.26. The standard InChI is InChI=1S/C18H28N2O2/c1-14(2)22-18-6-4-3-5-15(18)11-19-12-17-13-20(9-10-21-17)16-7-8-16/h3-6,14,16-17,19H,7-13H2,1-2H3. The van der Waals surface area contributed by atoms with Crippen molar-refractivity contribution in [2.75, 3.05) is 26.2 Å². The van der Waals surface area contributed by atoms with Crippen molar-refractivity contribution in [3.63, 3.8) is 0 Å². The lowest BCUT2D eigenvalue weighted by Gasteiger charge is -2.33. The van der Waals surface area contributed by atoms with E-state index in [4.69, 9.17) is 9.47 Å². The lowest BCUT2D eigenvalue weighted by molar-refractivity contribution is -0.0301. The summed E-state index contributed by atoms with van der Waals surface area (Å²) < 4.78 is 11.7. The molecule has 1 unspecified atom stereocenters. The number of nitrogens with one attached hydrogen (secondary N) is 1. The Bertz CT molecular complexity index is 474. The van der Waals surface area contributed by atoms with E-state index >= 15 is 0 Å². The van der Waals surface area contributed by atoms with Crippen LogP contribution in [0.2, 0.25) is 0 Å². The Hall–Kier alpha value is -1.10. The van der Waals surface area contributed by atoms with Crippen LogP contribution < -0.4 is 10.1 Å². The van der Waals surface area contributed by atoms with Crippen LogP contribution in [0.4, 0.5) is 0 Å². The third kappa shape index (κ3) is 4.45. The molecular formula is C18H28N2O2. The zero-order chi connectivity index (χ0) is 15.4. The predicted molar refractivity (Wildman–Crippen MR) is 88.2 cm³/mol. The van der Waals surface area contributed by atoms with E-state index in [2.05, 4.69) is 36.2 Å². The van der Waals surface area contributed by atoms with E-state index in [1.54, 1.807) is 0 Å². The summed E-state index contributed by atoms with van der Waals surface area (Å²) in [4.78, 5) is 2.59. The highest BCUT2D eigenvalue weighted by molar-refractivity contribution is 5.33. The average molecular weight is 304 g/mol. The van der Waals surface area contributed by atoms with Crippen molar-refractivity contribution in [1.82, 2.24) is 10.2 Å². The topological polar surface area (TPSA) is 33.7 Å². The number of hydrogen-bond donors (Lipinski definition) is 1. The molecule has 0 aromatic heterocycles. The summed E-state index contributed by atoms with van der Waals surface area (Å²) in [6.45, 7) is 8.90. The van der Waals surface area contributed by atoms with Gasteiger partial charge in [-0.2, -0.15) is 0 Å². The average Bonchev–Trinajstić information content (AvgIpc) is 3.34. The van der Waals surface area contributed by atoms with Gasteiger partial charge in [-0.1, -0.05) is 18.2 Å². The highest BCUT2D eigenvalue weighted by Gasteiger charge is 2.32. The van der Waals surface area contributed by atoms with Gasteiger partial charge in [0.05, 0.1) is 18.8 Å². The first-order valence-corrected chi connectivity index (χ1v) is 8.53.